The SMILES string of the molecule is COCC1CCN(c2ncc(CCl)c(C)n2)CC1. The van der Waals surface area contributed by atoms with Gasteiger partial charge in [0.1, 0.15) is 0 Å². The zero-order valence-corrected chi connectivity index (χ0v) is 11.8. The maximum Gasteiger partial charge on any atom is 0.225 e. The molecule has 18 heavy (non-hydrogen) atoms. The second-order valence-electron chi connectivity index (χ2n) is 4.80. The van der Waals surface area contributed by atoms with E-state index in [9.17, 15) is 0 Å². The zero-order valence-electron chi connectivity index (χ0n) is 11.0. The van der Waals surface area contributed by atoms with E-state index in [1.165, 1.54) is 0 Å². The second-order valence-corrected chi connectivity index (χ2v) is 5.07. The molecule has 2 heterocycles. The Morgan fingerprint density at radius 2 is 2.17 bits per heavy atom. The maximum absolute atomic E-state index is 5.82. The second kappa shape index (κ2) is 6.34. The van der Waals surface area contributed by atoms with Crippen LogP contribution in [0.1, 0.15) is 24.1 Å². The van der Waals surface area contributed by atoms with Crippen LogP contribution < -0.4 is 4.90 Å². The topological polar surface area (TPSA) is 38.2 Å². The lowest BCUT2D eigenvalue weighted by molar-refractivity contribution is 0.139. The van der Waals surface area contributed by atoms with E-state index in [1.807, 2.05) is 13.1 Å². The first-order valence-electron chi connectivity index (χ1n) is 6.37. The predicted octanol–water partition coefficient (Wildman–Crippen LogP) is 2.39. The van der Waals surface area contributed by atoms with Crippen LogP contribution in [-0.4, -0.2) is 36.8 Å². The minimum atomic E-state index is 0.474. The van der Waals surface area contributed by atoms with Gasteiger partial charge in [-0.3, -0.25) is 0 Å². The third-order valence-electron chi connectivity index (χ3n) is 3.51. The lowest BCUT2D eigenvalue weighted by atomic mass is 9.98. The molecule has 0 unspecified atom stereocenters. The smallest absolute Gasteiger partial charge is 0.225 e. The highest BCUT2D eigenvalue weighted by molar-refractivity contribution is 6.17. The van der Waals surface area contributed by atoms with Crippen molar-refractivity contribution in [1.82, 2.24) is 9.97 Å². The van der Waals surface area contributed by atoms with Gasteiger partial charge in [-0.1, -0.05) is 0 Å². The van der Waals surface area contributed by atoms with Crippen LogP contribution in [0.2, 0.25) is 0 Å². The van der Waals surface area contributed by atoms with Crippen LogP contribution in [0.3, 0.4) is 0 Å². The number of halogens is 1. The molecule has 4 nitrogen and oxygen atoms in total. The van der Waals surface area contributed by atoms with Gasteiger partial charge in [0.2, 0.25) is 5.95 Å². The first kappa shape index (κ1) is 13.6. The number of nitrogens with zero attached hydrogens (tertiary/aromatic N) is 3. The molecule has 1 aliphatic rings. The maximum atomic E-state index is 5.82. The number of hydrogen-bond donors (Lipinski definition) is 0. The van der Waals surface area contributed by atoms with Gasteiger partial charge in [-0.05, 0) is 25.7 Å². The fourth-order valence-corrected chi connectivity index (χ4v) is 2.56. The molecule has 1 fully saturated rings. The summed E-state index contributed by atoms with van der Waals surface area (Å²) in [6, 6.07) is 0. The number of alkyl halides is 1. The molecule has 1 aromatic heterocycles. The Bertz CT molecular complexity index is 392. The Labute approximate surface area is 113 Å². The van der Waals surface area contributed by atoms with Crippen LogP contribution in [0, 0.1) is 12.8 Å². The molecule has 2 rings (SSSR count). The van der Waals surface area contributed by atoms with Crippen LogP contribution in [-0.2, 0) is 10.6 Å². The Kier molecular flexibility index (Phi) is 4.78. The molecule has 0 spiro atoms. The first-order valence-corrected chi connectivity index (χ1v) is 6.90. The van der Waals surface area contributed by atoms with E-state index in [0.29, 0.717) is 11.8 Å². The van der Waals surface area contributed by atoms with Gasteiger partial charge in [0.25, 0.3) is 0 Å². The van der Waals surface area contributed by atoms with Crippen LogP contribution in [0.25, 0.3) is 0 Å². The van der Waals surface area contributed by atoms with Crippen molar-refractivity contribution in [1.29, 1.82) is 0 Å². The van der Waals surface area contributed by atoms with Gasteiger partial charge in [-0.25, -0.2) is 9.97 Å². The standard InChI is InChI=1S/C13H20ClN3O/c1-10-12(7-14)8-15-13(16-10)17-5-3-11(4-6-17)9-18-2/h8,11H,3-7,9H2,1-2H3. The first-order chi connectivity index (χ1) is 8.74. The zero-order chi connectivity index (χ0) is 13.0. The lowest BCUT2D eigenvalue weighted by Gasteiger charge is -2.31. The van der Waals surface area contributed by atoms with Crippen molar-refractivity contribution < 1.29 is 4.74 Å². The summed E-state index contributed by atoms with van der Waals surface area (Å²) in [7, 11) is 1.77. The molecule has 0 N–H and O–H groups in total. The largest absolute Gasteiger partial charge is 0.384 e. The highest BCUT2D eigenvalue weighted by Gasteiger charge is 2.21. The van der Waals surface area contributed by atoms with Crippen molar-refractivity contribution in [2.45, 2.75) is 25.6 Å². The Balaban J connectivity index is 1.99. The van der Waals surface area contributed by atoms with Crippen molar-refractivity contribution in [3.05, 3.63) is 17.5 Å². The quantitative estimate of drug-likeness (QED) is 0.787. The van der Waals surface area contributed by atoms with E-state index in [4.69, 9.17) is 16.3 Å². The van der Waals surface area contributed by atoms with E-state index >= 15 is 0 Å². The summed E-state index contributed by atoms with van der Waals surface area (Å²) < 4.78 is 5.21. The van der Waals surface area contributed by atoms with Crippen molar-refractivity contribution in [2.24, 2.45) is 5.92 Å². The summed E-state index contributed by atoms with van der Waals surface area (Å²) in [5, 5.41) is 0. The minimum Gasteiger partial charge on any atom is -0.384 e. The van der Waals surface area contributed by atoms with Crippen LogP contribution in [0.15, 0.2) is 6.20 Å². The number of anilines is 1. The van der Waals surface area contributed by atoms with Crippen LogP contribution >= 0.6 is 11.6 Å². The molecular formula is C13H20ClN3O. The van der Waals surface area contributed by atoms with Gasteiger partial charge in [-0.15, -0.1) is 11.6 Å². The summed E-state index contributed by atoms with van der Waals surface area (Å²) >= 11 is 5.82. The summed E-state index contributed by atoms with van der Waals surface area (Å²) in [4.78, 5) is 11.2. The van der Waals surface area contributed by atoms with E-state index in [1.54, 1.807) is 7.11 Å². The number of aromatic nitrogens is 2. The monoisotopic (exact) mass is 269 g/mol. The van der Waals surface area contributed by atoms with E-state index < -0.39 is 0 Å². The molecular weight excluding hydrogens is 250 g/mol. The van der Waals surface area contributed by atoms with Gasteiger partial charge in [-0.2, -0.15) is 0 Å². The van der Waals surface area contributed by atoms with Crippen molar-refractivity contribution in [3.63, 3.8) is 0 Å². The molecule has 1 aromatic rings. The number of piperidine rings is 1. The number of rotatable bonds is 4. The third kappa shape index (κ3) is 3.12. The van der Waals surface area contributed by atoms with Gasteiger partial charge in [0.05, 0.1) is 5.88 Å². The molecule has 0 bridgehead atoms. The highest BCUT2D eigenvalue weighted by atomic mass is 35.5. The summed E-state index contributed by atoms with van der Waals surface area (Å²) in [5.41, 5.74) is 1.99. The fourth-order valence-electron chi connectivity index (χ4n) is 2.30. The van der Waals surface area contributed by atoms with Crippen molar-refractivity contribution in [2.75, 3.05) is 31.7 Å². The molecule has 5 heteroatoms. The van der Waals surface area contributed by atoms with Gasteiger partial charge in [0.15, 0.2) is 0 Å². The van der Waals surface area contributed by atoms with Crippen molar-refractivity contribution >= 4 is 17.5 Å². The summed E-state index contributed by atoms with van der Waals surface area (Å²) in [5.74, 6) is 1.98. The fraction of sp³-hybridized carbons (Fsp3) is 0.692. The number of aryl methyl sites for hydroxylation is 1. The Morgan fingerprint density at radius 3 is 2.72 bits per heavy atom. The van der Waals surface area contributed by atoms with E-state index in [-0.39, 0.29) is 0 Å². The normalized spacial score (nSPS) is 17.2. The molecule has 0 aromatic carbocycles. The molecule has 0 aliphatic carbocycles. The van der Waals surface area contributed by atoms with E-state index in [2.05, 4.69) is 14.9 Å². The Hall–Kier alpha value is -0.870. The van der Waals surface area contributed by atoms with E-state index in [0.717, 1.165) is 49.7 Å². The van der Waals surface area contributed by atoms with Crippen LogP contribution in [0.5, 0.6) is 0 Å². The molecule has 0 radical (unpaired) electrons. The lowest BCUT2D eigenvalue weighted by Crippen LogP contribution is -2.36. The molecule has 1 aliphatic heterocycles. The minimum absolute atomic E-state index is 0.474. The number of ether oxygens (including phenoxy) is 1. The average molecular weight is 270 g/mol. The molecule has 0 amide bonds. The number of methoxy groups -OCH3 is 1. The van der Waals surface area contributed by atoms with Crippen molar-refractivity contribution in [3.8, 4) is 0 Å². The Morgan fingerprint density at radius 1 is 1.44 bits per heavy atom. The molecule has 0 saturated carbocycles. The van der Waals surface area contributed by atoms with Gasteiger partial charge in [0, 0.05) is 44.3 Å². The van der Waals surface area contributed by atoms with Crippen LogP contribution in [0.4, 0.5) is 5.95 Å². The molecule has 100 valence electrons. The number of hydrogen-bond acceptors (Lipinski definition) is 4. The molecule has 1 saturated heterocycles. The summed E-state index contributed by atoms with van der Waals surface area (Å²) in [6.45, 7) is 4.86. The average Bonchev–Trinajstić information content (AvgIpc) is 2.40. The summed E-state index contributed by atoms with van der Waals surface area (Å²) in [6.07, 6.45) is 4.13. The third-order valence-corrected chi connectivity index (χ3v) is 3.80. The highest BCUT2D eigenvalue weighted by Crippen LogP contribution is 2.21. The molecule has 0 atom stereocenters. The predicted molar refractivity (Wildman–Crippen MR) is 73.1 cm³/mol. The van der Waals surface area contributed by atoms with Gasteiger partial charge >= 0.3 is 0 Å². The van der Waals surface area contributed by atoms with Gasteiger partial charge < -0.3 is 9.64 Å².